The number of piperazine rings is 1. The average molecular weight is 876 g/mol. The highest BCUT2D eigenvalue weighted by atomic mass is 19.1. The molecule has 64 heavy (non-hydrogen) atoms. The summed E-state index contributed by atoms with van der Waals surface area (Å²) in [4.78, 5) is 67.4. The van der Waals surface area contributed by atoms with Gasteiger partial charge in [-0.05, 0) is 125 Å². The van der Waals surface area contributed by atoms with E-state index < -0.39 is 11.9 Å². The Labute approximate surface area is 373 Å². The Balaban J connectivity index is 0.755. The molecule has 16 nitrogen and oxygen atoms in total. The number of halogens is 1. The SMILES string of the molecule is Cc1c(NC(=O)N2CC(OC(C)C)C2)cc(F)cc1-c1ccnc(Nc2ccc(N3CCN(CC4CCN(CC(=O)Nc5cccc(NC6CCC(=O)NC6=O)c5)CC4)CC3)cc2)n1. The van der Waals surface area contributed by atoms with Crippen molar-refractivity contribution in [3.63, 3.8) is 0 Å². The smallest absolute Gasteiger partial charge is 0.322 e. The number of anilines is 6. The zero-order valence-corrected chi connectivity index (χ0v) is 36.7. The van der Waals surface area contributed by atoms with Gasteiger partial charge in [0.2, 0.25) is 23.7 Å². The number of ether oxygens (including phenoxy) is 1. The van der Waals surface area contributed by atoms with E-state index in [1.165, 1.54) is 12.1 Å². The summed E-state index contributed by atoms with van der Waals surface area (Å²) in [6.45, 7) is 13.7. The minimum atomic E-state index is -0.486. The molecule has 1 unspecified atom stereocenters. The van der Waals surface area contributed by atoms with Gasteiger partial charge >= 0.3 is 6.03 Å². The third kappa shape index (κ3) is 11.5. The second-order valence-electron chi connectivity index (χ2n) is 17.5. The molecule has 4 aliphatic rings. The number of imide groups is 1. The first-order valence-corrected chi connectivity index (χ1v) is 22.3. The molecular formula is C47H58FN11O5. The molecule has 0 saturated carbocycles. The fourth-order valence-corrected chi connectivity index (χ4v) is 8.80. The van der Waals surface area contributed by atoms with Crippen molar-refractivity contribution >= 4 is 58.1 Å². The number of aromatic nitrogens is 2. The maximum Gasteiger partial charge on any atom is 0.322 e. The molecule has 3 aromatic carbocycles. The van der Waals surface area contributed by atoms with Crippen LogP contribution < -0.4 is 31.5 Å². The van der Waals surface area contributed by atoms with E-state index in [1.54, 1.807) is 17.2 Å². The van der Waals surface area contributed by atoms with Gasteiger partial charge in [-0.15, -0.1) is 0 Å². The number of urea groups is 1. The molecule has 5 amide bonds. The van der Waals surface area contributed by atoms with Crippen LogP contribution in [0.1, 0.15) is 45.1 Å². The fraction of sp³-hybridized carbons (Fsp3) is 0.447. The number of amides is 5. The molecule has 4 saturated heterocycles. The van der Waals surface area contributed by atoms with E-state index >= 15 is 0 Å². The van der Waals surface area contributed by atoms with E-state index in [-0.39, 0.29) is 36.0 Å². The van der Waals surface area contributed by atoms with Crippen LogP contribution in [0.3, 0.4) is 0 Å². The highest BCUT2D eigenvalue weighted by Gasteiger charge is 2.33. The Bertz CT molecular complexity index is 2310. The van der Waals surface area contributed by atoms with Gasteiger partial charge in [0.15, 0.2) is 0 Å². The van der Waals surface area contributed by atoms with Crippen LogP contribution in [-0.4, -0.2) is 132 Å². The van der Waals surface area contributed by atoms with E-state index in [9.17, 15) is 23.6 Å². The van der Waals surface area contributed by atoms with Crippen molar-refractivity contribution in [1.82, 2.24) is 30.0 Å². The van der Waals surface area contributed by atoms with Crippen LogP contribution in [0.5, 0.6) is 0 Å². The quantitative estimate of drug-likeness (QED) is 0.0985. The van der Waals surface area contributed by atoms with Crippen LogP contribution in [-0.2, 0) is 19.1 Å². The first-order chi connectivity index (χ1) is 30.9. The lowest BCUT2D eigenvalue weighted by Crippen LogP contribution is -2.56. The molecule has 4 aromatic rings. The Hall–Kier alpha value is -6.17. The van der Waals surface area contributed by atoms with Crippen molar-refractivity contribution in [3.05, 3.63) is 84.3 Å². The van der Waals surface area contributed by atoms with Gasteiger partial charge in [0.05, 0.1) is 37.5 Å². The molecule has 5 heterocycles. The summed E-state index contributed by atoms with van der Waals surface area (Å²) in [6, 6.07) is 19.2. The third-order valence-electron chi connectivity index (χ3n) is 12.3. The number of nitrogens with zero attached hydrogens (tertiary/aromatic N) is 6. The summed E-state index contributed by atoms with van der Waals surface area (Å²) >= 11 is 0. The number of carbonyl (C=O) groups is 4. The first kappa shape index (κ1) is 44.4. The molecule has 1 aromatic heterocycles. The minimum Gasteiger partial charge on any atom is -0.374 e. The summed E-state index contributed by atoms with van der Waals surface area (Å²) in [5.41, 5.74) is 5.54. The second-order valence-corrected chi connectivity index (χ2v) is 17.5. The van der Waals surface area contributed by atoms with Crippen molar-refractivity contribution in [2.24, 2.45) is 5.92 Å². The lowest BCUT2D eigenvalue weighted by Gasteiger charge is -2.39. The van der Waals surface area contributed by atoms with Crippen molar-refractivity contribution in [3.8, 4) is 11.3 Å². The van der Waals surface area contributed by atoms with E-state index in [4.69, 9.17) is 9.72 Å². The lowest BCUT2D eigenvalue weighted by atomic mass is 9.96. The highest BCUT2D eigenvalue weighted by molar-refractivity contribution is 6.01. The number of likely N-dealkylation sites (tertiary alicyclic amines) is 2. The Morgan fingerprint density at radius 1 is 0.875 bits per heavy atom. The van der Waals surface area contributed by atoms with Crippen LogP contribution in [0.2, 0.25) is 0 Å². The maximum atomic E-state index is 14.9. The monoisotopic (exact) mass is 875 g/mol. The number of hydrogen-bond acceptors (Lipinski definition) is 12. The van der Waals surface area contributed by atoms with E-state index in [0.29, 0.717) is 78.2 Å². The molecule has 1 atom stereocenters. The topological polar surface area (TPSA) is 176 Å². The van der Waals surface area contributed by atoms with Crippen LogP contribution in [0.15, 0.2) is 72.9 Å². The number of piperidine rings is 2. The molecule has 5 N–H and O–H groups in total. The van der Waals surface area contributed by atoms with E-state index in [1.807, 2.05) is 57.2 Å². The number of nitrogens with one attached hydrogen (secondary N) is 5. The summed E-state index contributed by atoms with van der Waals surface area (Å²) in [5, 5.41) is 14.7. The van der Waals surface area contributed by atoms with Gasteiger partial charge in [-0.2, -0.15) is 0 Å². The summed E-state index contributed by atoms with van der Waals surface area (Å²) in [7, 11) is 0. The van der Waals surface area contributed by atoms with Gasteiger partial charge in [0, 0.05) is 79.3 Å². The standard InChI is InChI=1S/C47H58FN11O5/c1-30(2)64-38-27-59(28-38)47(63)54-42-24-33(48)23-39(31(42)3)40-13-16-49-46(53-40)52-34-7-9-37(10-8-34)58-21-19-57(20-22-58)26-32-14-17-56(18-15-32)29-44(61)51-36-6-4-5-35(25-36)50-41-11-12-43(60)55-45(41)62/h4-10,13,16,23-25,30,32,38,41,50H,11-12,14-15,17-22,26-29H2,1-3H3,(H,51,61)(H,54,63)(H,49,52,53)(H,55,60,62). The Morgan fingerprint density at radius 3 is 2.36 bits per heavy atom. The van der Waals surface area contributed by atoms with E-state index in [0.717, 1.165) is 70.0 Å². The van der Waals surface area contributed by atoms with Crippen LogP contribution in [0.25, 0.3) is 11.3 Å². The molecule has 4 aliphatic heterocycles. The number of hydrogen-bond donors (Lipinski definition) is 5. The lowest BCUT2D eigenvalue weighted by molar-refractivity contribution is -0.133. The summed E-state index contributed by atoms with van der Waals surface area (Å²) in [5.74, 6) is -0.164. The Morgan fingerprint density at radius 2 is 1.62 bits per heavy atom. The van der Waals surface area contributed by atoms with Crippen LogP contribution >= 0.6 is 0 Å². The van der Waals surface area contributed by atoms with Crippen molar-refractivity contribution in [1.29, 1.82) is 0 Å². The molecular weight excluding hydrogens is 818 g/mol. The molecule has 4 fully saturated rings. The summed E-state index contributed by atoms with van der Waals surface area (Å²) < 4.78 is 20.7. The van der Waals surface area contributed by atoms with Crippen molar-refractivity contribution in [2.75, 3.05) is 91.6 Å². The maximum absolute atomic E-state index is 14.9. The second kappa shape index (κ2) is 20.1. The molecule has 338 valence electrons. The van der Waals surface area contributed by atoms with E-state index in [2.05, 4.69) is 58.4 Å². The fourth-order valence-electron chi connectivity index (χ4n) is 8.80. The van der Waals surface area contributed by atoms with Gasteiger partial charge in [0.1, 0.15) is 11.9 Å². The van der Waals surface area contributed by atoms with Gasteiger partial charge in [0.25, 0.3) is 0 Å². The number of rotatable bonds is 14. The predicted octanol–water partition coefficient (Wildman–Crippen LogP) is 5.67. The van der Waals surface area contributed by atoms with Crippen LogP contribution in [0.4, 0.5) is 43.6 Å². The largest absolute Gasteiger partial charge is 0.374 e. The van der Waals surface area contributed by atoms with Gasteiger partial charge in [-0.25, -0.2) is 19.2 Å². The molecule has 0 radical (unpaired) electrons. The predicted molar refractivity (Wildman–Crippen MR) is 245 cm³/mol. The normalized spacial score (nSPS) is 19.0. The van der Waals surface area contributed by atoms with Gasteiger partial charge in [-0.1, -0.05) is 6.07 Å². The number of benzene rings is 3. The zero-order valence-electron chi connectivity index (χ0n) is 36.7. The van der Waals surface area contributed by atoms with Crippen molar-refractivity contribution in [2.45, 2.75) is 64.7 Å². The van der Waals surface area contributed by atoms with Crippen LogP contribution in [0, 0.1) is 18.7 Å². The zero-order chi connectivity index (χ0) is 44.7. The first-order valence-electron chi connectivity index (χ1n) is 22.3. The molecule has 8 rings (SSSR count). The van der Waals surface area contributed by atoms with Gasteiger partial charge < -0.3 is 35.8 Å². The molecule has 0 bridgehead atoms. The summed E-state index contributed by atoms with van der Waals surface area (Å²) in [6.07, 6.45) is 4.56. The minimum absolute atomic E-state index is 0.0111. The van der Waals surface area contributed by atoms with Crippen molar-refractivity contribution < 1.29 is 28.3 Å². The number of carbonyl (C=O) groups excluding carboxylic acids is 4. The van der Waals surface area contributed by atoms with Gasteiger partial charge in [-0.3, -0.25) is 29.5 Å². The Kier molecular flexibility index (Phi) is 14.0. The molecule has 0 spiro atoms. The average Bonchev–Trinajstić information content (AvgIpc) is 3.25. The molecule has 17 heteroatoms. The third-order valence-corrected chi connectivity index (χ3v) is 12.3. The highest BCUT2D eigenvalue weighted by Crippen LogP contribution is 2.31. The molecule has 0 aliphatic carbocycles.